The number of amides is 2. The molecule has 2 aromatic rings. The summed E-state index contributed by atoms with van der Waals surface area (Å²) in [5, 5.41) is 7.57. The summed E-state index contributed by atoms with van der Waals surface area (Å²) in [4.78, 5) is 29.0. The molecule has 1 saturated heterocycles. The predicted molar refractivity (Wildman–Crippen MR) is 98.5 cm³/mol. The number of nitrogens with zero attached hydrogens (tertiary/aromatic N) is 3. The topological polar surface area (TPSA) is 65.8 Å². The van der Waals surface area contributed by atoms with Gasteiger partial charge < -0.3 is 19.5 Å². The number of aromatic nitrogens is 1. The van der Waals surface area contributed by atoms with Gasteiger partial charge in [0.1, 0.15) is 5.69 Å². The van der Waals surface area contributed by atoms with E-state index in [4.69, 9.17) is 5.11 Å². The Balaban J connectivity index is 0.000000613. The number of aliphatic hydroxyl groups excluding tert-OH is 1. The van der Waals surface area contributed by atoms with Crippen molar-refractivity contribution >= 4 is 11.8 Å². The van der Waals surface area contributed by atoms with Crippen LogP contribution in [0.15, 0.2) is 42.6 Å². The Kier molecular flexibility index (Phi) is 4.87. The molecular weight excluding hydrogens is 330 g/mol. The molecule has 2 aliphatic heterocycles. The van der Waals surface area contributed by atoms with E-state index >= 15 is 0 Å². The normalized spacial score (nSPS) is 21.0. The summed E-state index contributed by atoms with van der Waals surface area (Å²) < 4.78 is 1.99. The van der Waals surface area contributed by atoms with Crippen LogP contribution in [0.5, 0.6) is 0 Å². The Labute approximate surface area is 153 Å². The van der Waals surface area contributed by atoms with Gasteiger partial charge in [-0.1, -0.05) is 30.3 Å². The van der Waals surface area contributed by atoms with Crippen molar-refractivity contribution in [1.82, 2.24) is 14.4 Å². The Morgan fingerprint density at radius 1 is 1.23 bits per heavy atom. The largest absolute Gasteiger partial charge is 0.397 e. The van der Waals surface area contributed by atoms with E-state index in [1.54, 1.807) is 13.8 Å². The highest BCUT2D eigenvalue weighted by Crippen LogP contribution is 2.42. The summed E-state index contributed by atoms with van der Waals surface area (Å²) >= 11 is 0. The van der Waals surface area contributed by atoms with Crippen LogP contribution in [0.1, 0.15) is 35.5 Å². The van der Waals surface area contributed by atoms with Crippen molar-refractivity contribution < 1.29 is 14.7 Å². The second-order valence-electron chi connectivity index (χ2n) is 6.66. The molecule has 26 heavy (non-hydrogen) atoms. The van der Waals surface area contributed by atoms with Gasteiger partial charge in [-0.25, -0.2) is 0 Å². The quantitative estimate of drug-likeness (QED) is 0.850. The molecule has 3 heterocycles. The maximum absolute atomic E-state index is 13.0. The molecule has 1 aromatic carbocycles. The van der Waals surface area contributed by atoms with Crippen molar-refractivity contribution in [2.45, 2.75) is 33.0 Å². The second kappa shape index (κ2) is 6.96. The third-order valence-electron chi connectivity index (χ3n) is 4.94. The van der Waals surface area contributed by atoms with Crippen LogP contribution < -0.4 is 0 Å². The van der Waals surface area contributed by atoms with Crippen LogP contribution >= 0.6 is 0 Å². The standard InChI is InChI=1S/C18H19N3O2.C2H6O/c1-13-10-16-17(23)21-9-8-20(14(2)22)18(21,12-19(16)11-13)15-6-4-3-5-7-15;1-2-3/h3-7,10-11H,8-9,12H2,1-2H3;3H,2H2,1H3. The molecule has 0 bridgehead atoms. The van der Waals surface area contributed by atoms with E-state index in [1.807, 2.05) is 63.9 Å². The Morgan fingerprint density at radius 2 is 1.88 bits per heavy atom. The minimum atomic E-state index is -0.720. The summed E-state index contributed by atoms with van der Waals surface area (Å²) in [7, 11) is 0. The monoisotopic (exact) mass is 355 g/mol. The van der Waals surface area contributed by atoms with E-state index in [-0.39, 0.29) is 18.4 Å². The van der Waals surface area contributed by atoms with E-state index in [2.05, 4.69) is 0 Å². The number of carbonyl (C=O) groups is 2. The van der Waals surface area contributed by atoms with Gasteiger partial charge in [0.2, 0.25) is 5.91 Å². The minimum Gasteiger partial charge on any atom is -0.397 e. The number of rotatable bonds is 1. The third-order valence-corrected chi connectivity index (χ3v) is 4.94. The van der Waals surface area contributed by atoms with Crippen molar-refractivity contribution in [3.63, 3.8) is 0 Å². The van der Waals surface area contributed by atoms with E-state index in [0.29, 0.717) is 25.3 Å². The number of hydrogen-bond donors (Lipinski definition) is 1. The van der Waals surface area contributed by atoms with Crippen molar-refractivity contribution in [1.29, 1.82) is 0 Å². The molecule has 2 aliphatic rings. The number of hydrogen-bond acceptors (Lipinski definition) is 3. The minimum absolute atomic E-state index is 0.00282. The first-order valence-electron chi connectivity index (χ1n) is 8.89. The maximum atomic E-state index is 13.0. The van der Waals surface area contributed by atoms with Gasteiger partial charge in [0, 0.05) is 32.8 Å². The van der Waals surface area contributed by atoms with E-state index in [9.17, 15) is 9.59 Å². The smallest absolute Gasteiger partial charge is 0.272 e. The number of fused-ring (bicyclic) bond motifs is 2. The van der Waals surface area contributed by atoms with Crippen molar-refractivity contribution in [2.75, 3.05) is 19.7 Å². The van der Waals surface area contributed by atoms with Crippen LogP contribution in [0.25, 0.3) is 0 Å². The fraction of sp³-hybridized carbons (Fsp3) is 0.400. The lowest BCUT2D eigenvalue weighted by Crippen LogP contribution is -2.59. The SMILES string of the molecule is CC(=O)N1CCN2C(=O)c3cc(C)cn3CC12c1ccccc1.CCO. The molecule has 2 amide bonds. The molecule has 1 aromatic heterocycles. The van der Waals surface area contributed by atoms with Crippen LogP contribution in [0.4, 0.5) is 0 Å². The van der Waals surface area contributed by atoms with Crippen molar-refractivity contribution in [3.05, 3.63) is 59.4 Å². The second-order valence-corrected chi connectivity index (χ2v) is 6.66. The highest BCUT2D eigenvalue weighted by atomic mass is 16.2. The zero-order chi connectivity index (χ0) is 18.9. The van der Waals surface area contributed by atoms with Gasteiger partial charge >= 0.3 is 0 Å². The third kappa shape index (κ3) is 2.70. The molecule has 1 fully saturated rings. The zero-order valence-electron chi connectivity index (χ0n) is 15.5. The lowest BCUT2D eigenvalue weighted by Gasteiger charge is -2.47. The van der Waals surface area contributed by atoms with Gasteiger partial charge in [-0.15, -0.1) is 0 Å². The van der Waals surface area contributed by atoms with Crippen LogP contribution in [-0.4, -0.2) is 51.0 Å². The van der Waals surface area contributed by atoms with Crippen molar-refractivity contribution in [2.24, 2.45) is 0 Å². The molecule has 4 rings (SSSR count). The first-order chi connectivity index (χ1) is 12.5. The molecule has 0 spiro atoms. The molecule has 1 atom stereocenters. The van der Waals surface area contributed by atoms with Crippen LogP contribution in [0, 0.1) is 6.92 Å². The first-order valence-corrected chi connectivity index (χ1v) is 8.89. The van der Waals surface area contributed by atoms with Crippen LogP contribution in [0.2, 0.25) is 0 Å². The Hall–Kier alpha value is -2.60. The van der Waals surface area contributed by atoms with Gasteiger partial charge in [0.25, 0.3) is 5.91 Å². The molecule has 0 saturated carbocycles. The average Bonchev–Trinajstić information content (AvgIpc) is 3.18. The number of aliphatic hydroxyl groups is 1. The van der Waals surface area contributed by atoms with Crippen LogP contribution in [0.3, 0.4) is 0 Å². The Bertz CT molecular complexity index is 815. The lowest BCUT2D eigenvalue weighted by atomic mass is 9.94. The highest BCUT2D eigenvalue weighted by molar-refractivity contribution is 5.95. The van der Waals surface area contributed by atoms with Gasteiger partial charge in [0.05, 0.1) is 6.54 Å². The predicted octanol–water partition coefficient (Wildman–Crippen LogP) is 1.97. The number of aryl methyl sites for hydroxylation is 1. The fourth-order valence-corrected chi connectivity index (χ4v) is 4.02. The van der Waals surface area contributed by atoms with Gasteiger partial charge in [-0.2, -0.15) is 0 Å². The molecular formula is C20H25N3O3. The van der Waals surface area contributed by atoms with Gasteiger partial charge in [-0.3, -0.25) is 9.59 Å². The highest BCUT2D eigenvalue weighted by Gasteiger charge is 2.55. The average molecular weight is 355 g/mol. The molecule has 6 nitrogen and oxygen atoms in total. The summed E-state index contributed by atoms with van der Waals surface area (Å²) in [6, 6.07) is 11.8. The van der Waals surface area contributed by atoms with E-state index < -0.39 is 5.66 Å². The molecule has 0 radical (unpaired) electrons. The Morgan fingerprint density at radius 3 is 2.50 bits per heavy atom. The zero-order valence-corrected chi connectivity index (χ0v) is 15.5. The van der Waals surface area contributed by atoms with E-state index in [0.717, 1.165) is 11.1 Å². The van der Waals surface area contributed by atoms with E-state index in [1.165, 1.54) is 0 Å². The maximum Gasteiger partial charge on any atom is 0.272 e. The summed E-state index contributed by atoms with van der Waals surface area (Å²) in [6.45, 7) is 7.21. The number of carbonyl (C=O) groups excluding carboxylic acids is 2. The molecule has 1 N–H and O–H groups in total. The number of benzene rings is 1. The van der Waals surface area contributed by atoms with Gasteiger partial charge in [0.15, 0.2) is 5.66 Å². The lowest BCUT2D eigenvalue weighted by molar-refractivity contribution is -0.138. The van der Waals surface area contributed by atoms with Crippen molar-refractivity contribution in [3.8, 4) is 0 Å². The molecule has 0 aliphatic carbocycles. The van der Waals surface area contributed by atoms with Crippen LogP contribution in [-0.2, 0) is 17.0 Å². The molecule has 1 unspecified atom stereocenters. The first kappa shape index (κ1) is 18.2. The molecule has 138 valence electrons. The summed E-state index contributed by atoms with van der Waals surface area (Å²) in [5.74, 6) is -0.00608. The van der Waals surface area contributed by atoms with Gasteiger partial charge in [-0.05, 0) is 31.0 Å². The summed E-state index contributed by atoms with van der Waals surface area (Å²) in [6.07, 6.45) is 1.99. The summed E-state index contributed by atoms with van der Waals surface area (Å²) in [5.41, 5.74) is 2.03. The molecule has 6 heteroatoms. The fourth-order valence-electron chi connectivity index (χ4n) is 4.02.